The lowest BCUT2D eigenvalue weighted by Gasteiger charge is -2.22. The van der Waals surface area contributed by atoms with Crippen LogP contribution in [-0.2, 0) is 6.18 Å². The zero-order chi connectivity index (χ0) is 15.2. The fourth-order valence-electron chi connectivity index (χ4n) is 1.78. The van der Waals surface area contributed by atoms with Crippen LogP contribution in [0.3, 0.4) is 0 Å². The normalized spacial score (nSPS) is 14.9. The summed E-state index contributed by atoms with van der Waals surface area (Å²) < 4.78 is 37.2. The number of nitrogens with one attached hydrogen (secondary N) is 2. The fourth-order valence-corrected chi connectivity index (χ4v) is 1.78. The van der Waals surface area contributed by atoms with Gasteiger partial charge in [0.2, 0.25) is 0 Å². The third-order valence-electron chi connectivity index (χ3n) is 2.92. The summed E-state index contributed by atoms with van der Waals surface area (Å²) in [4.78, 5) is 0. The highest BCUT2D eigenvalue weighted by molar-refractivity contribution is 5.45. The van der Waals surface area contributed by atoms with Gasteiger partial charge in [-0.3, -0.25) is 5.32 Å². The summed E-state index contributed by atoms with van der Waals surface area (Å²) in [5.41, 5.74) is 5.12. The molecular weight excluding hydrogens is 271 g/mol. The lowest BCUT2D eigenvalue weighted by molar-refractivity contribution is -0.137. The van der Waals surface area contributed by atoms with Crippen LogP contribution < -0.4 is 16.4 Å². The topological polar surface area (TPSA) is 70.3 Å². The van der Waals surface area contributed by atoms with E-state index in [1.807, 2.05) is 6.92 Å². The minimum absolute atomic E-state index is 0.0527. The van der Waals surface area contributed by atoms with E-state index in [4.69, 9.17) is 5.73 Å². The Kier molecular flexibility index (Phi) is 6.25. The molecule has 0 bridgehead atoms. The van der Waals surface area contributed by atoms with Crippen LogP contribution in [0.15, 0.2) is 24.3 Å². The van der Waals surface area contributed by atoms with Gasteiger partial charge in [-0.05, 0) is 43.7 Å². The second-order valence-corrected chi connectivity index (χ2v) is 4.47. The van der Waals surface area contributed by atoms with E-state index in [9.17, 15) is 18.3 Å². The summed E-state index contributed by atoms with van der Waals surface area (Å²) >= 11 is 0. The van der Waals surface area contributed by atoms with Gasteiger partial charge < -0.3 is 16.2 Å². The van der Waals surface area contributed by atoms with Gasteiger partial charge in [-0.1, -0.05) is 6.92 Å². The highest BCUT2D eigenvalue weighted by atomic mass is 19.4. The molecule has 0 spiro atoms. The minimum atomic E-state index is -4.36. The van der Waals surface area contributed by atoms with E-state index in [1.54, 1.807) is 0 Å². The predicted octanol–water partition coefficient (Wildman–Crippen LogP) is 2.11. The maximum absolute atomic E-state index is 12.4. The standard InChI is InChI=1S/C13H20F3N3O/c1-2-10(7-8-17)18-12(20)19-11-5-3-9(4-6-11)13(14,15)16/h3-6,10,12,18-20H,2,7-8,17H2,1H3/t10?,12-/m1/s1. The third kappa shape index (κ3) is 5.36. The van der Waals surface area contributed by atoms with Crippen molar-refractivity contribution in [1.29, 1.82) is 0 Å². The maximum Gasteiger partial charge on any atom is 0.416 e. The minimum Gasteiger partial charge on any atom is -0.361 e. The van der Waals surface area contributed by atoms with Gasteiger partial charge in [-0.25, -0.2) is 0 Å². The van der Waals surface area contributed by atoms with Gasteiger partial charge in [0.05, 0.1) is 5.56 Å². The molecule has 20 heavy (non-hydrogen) atoms. The van der Waals surface area contributed by atoms with E-state index in [1.165, 1.54) is 12.1 Å². The van der Waals surface area contributed by atoms with Crippen molar-refractivity contribution in [3.63, 3.8) is 0 Å². The van der Waals surface area contributed by atoms with E-state index in [-0.39, 0.29) is 6.04 Å². The number of alkyl halides is 3. The lowest BCUT2D eigenvalue weighted by Crippen LogP contribution is -2.43. The van der Waals surface area contributed by atoms with Crippen molar-refractivity contribution in [2.75, 3.05) is 11.9 Å². The first-order valence-corrected chi connectivity index (χ1v) is 6.44. The Bertz CT molecular complexity index is 395. The van der Waals surface area contributed by atoms with Crippen LogP contribution in [0.4, 0.5) is 18.9 Å². The average molecular weight is 291 g/mol. The lowest BCUT2D eigenvalue weighted by atomic mass is 10.1. The van der Waals surface area contributed by atoms with Crippen LogP contribution in [0.2, 0.25) is 0 Å². The van der Waals surface area contributed by atoms with Crippen molar-refractivity contribution >= 4 is 5.69 Å². The van der Waals surface area contributed by atoms with Gasteiger partial charge in [-0.15, -0.1) is 0 Å². The molecule has 0 aromatic heterocycles. The molecule has 0 heterocycles. The Morgan fingerprint density at radius 3 is 2.30 bits per heavy atom. The molecule has 0 amide bonds. The second-order valence-electron chi connectivity index (χ2n) is 4.47. The van der Waals surface area contributed by atoms with Crippen molar-refractivity contribution in [2.24, 2.45) is 5.73 Å². The van der Waals surface area contributed by atoms with Crippen molar-refractivity contribution in [3.05, 3.63) is 29.8 Å². The molecule has 4 nitrogen and oxygen atoms in total. The van der Waals surface area contributed by atoms with Crippen molar-refractivity contribution < 1.29 is 18.3 Å². The van der Waals surface area contributed by atoms with Crippen LogP contribution in [0.5, 0.6) is 0 Å². The number of anilines is 1. The van der Waals surface area contributed by atoms with Crippen LogP contribution in [0, 0.1) is 0 Å². The quantitative estimate of drug-likeness (QED) is 0.581. The molecule has 5 N–H and O–H groups in total. The van der Waals surface area contributed by atoms with Gasteiger partial charge in [0.15, 0.2) is 6.35 Å². The largest absolute Gasteiger partial charge is 0.416 e. The first kappa shape index (κ1) is 16.7. The number of nitrogens with two attached hydrogens (primary N) is 1. The van der Waals surface area contributed by atoms with Gasteiger partial charge >= 0.3 is 6.18 Å². The zero-order valence-electron chi connectivity index (χ0n) is 11.2. The van der Waals surface area contributed by atoms with Crippen molar-refractivity contribution in [3.8, 4) is 0 Å². The SMILES string of the molecule is CCC(CCN)N[C@@H](O)Nc1ccc(C(F)(F)F)cc1. The summed E-state index contributed by atoms with van der Waals surface area (Å²) in [5.74, 6) is 0. The fraction of sp³-hybridized carbons (Fsp3) is 0.538. The number of benzene rings is 1. The van der Waals surface area contributed by atoms with Crippen LogP contribution in [-0.4, -0.2) is 24.0 Å². The molecule has 7 heteroatoms. The predicted molar refractivity (Wildman–Crippen MR) is 72.0 cm³/mol. The van der Waals surface area contributed by atoms with Crippen LogP contribution in [0.1, 0.15) is 25.3 Å². The second kappa shape index (κ2) is 7.47. The maximum atomic E-state index is 12.4. The third-order valence-corrected chi connectivity index (χ3v) is 2.92. The molecule has 0 radical (unpaired) electrons. The van der Waals surface area contributed by atoms with Gasteiger partial charge in [0.25, 0.3) is 0 Å². The molecule has 1 aromatic carbocycles. The number of aliphatic hydroxyl groups is 1. The Labute approximate surface area is 116 Å². The summed E-state index contributed by atoms with van der Waals surface area (Å²) in [6, 6.07) is 4.53. The highest BCUT2D eigenvalue weighted by Gasteiger charge is 2.29. The Morgan fingerprint density at radius 1 is 1.25 bits per heavy atom. The van der Waals surface area contributed by atoms with E-state index >= 15 is 0 Å². The van der Waals surface area contributed by atoms with E-state index < -0.39 is 18.1 Å². The Morgan fingerprint density at radius 2 is 1.85 bits per heavy atom. The number of hydrogen-bond donors (Lipinski definition) is 4. The molecular formula is C13H20F3N3O. The number of hydrogen-bond acceptors (Lipinski definition) is 4. The molecule has 0 fully saturated rings. The van der Waals surface area contributed by atoms with E-state index in [0.717, 1.165) is 18.6 Å². The Hall–Kier alpha value is -1.31. The average Bonchev–Trinajstić information content (AvgIpc) is 2.37. The molecule has 1 aromatic rings. The number of aliphatic hydroxyl groups excluding tert-OH is 1. The molecule has 2 atom stereocenters. The van der Waals surface area contributed by atoms with Gasteiger partial charge in [-0.2, -0.15) is 13.2 Å². The highest BCUT2D eigenvalue weighted by Crippen LogP contribution is 2.29. The van der Waals surface area contributed by atoms with E-state index in [2.05, 4.69) is 10.6 Å². The van der Waals surface area contributed by atoms with Crippen LogP contribution in [0.25, 0.3) is 0 Å². The number of rotatable bonds is 7. The van der Waals surface area contributed by atoms with Crippen molar-refractivity contribution in [1.82, 2.24) is 5.32 Å². The molecule has 1 rings (SSSR count). The summed E-state index contributed by atoms with van der Waals surface area (Å²) in [5, 5.41) is 15.4. The molecule has 0 aliphatic rings. The molecule has 114 valence electrons. The van der Waals surface area contributed by atoms with E-state index in [0.29, 0.717) is 18.7 Å². The first-order valence-electron chi connectivity index (χ1n) is 6.44. The summed E-state index contributed by atoms with van der Waals surface area (Å²) in [7, 11) is 0. The molecule has 0 saturated carbocycles. The molecule has 0 saturated heterocycles. The first-order chi connectivity index (χ1) is 9.36. The Balaban J connectivity index is 2.55. The molecule has 0 aliphatic heterocycles. The number of halogens is 3. The summed E-state index contributed by atoms with van der Waals surface area (Å²) in [6.45, 7) is 2.46. The van der Waals surface area contributed by atoms with Gasteiger partial charge in [0, 0.05) is 11.7 Å². The zero-order valence-corrected chi connectivity index (χ0v) is 11.2. The smallest absolute Gasteiger partial charge is 0.361 e. The van der Waals surface area contributed by atoms with Gasteiger partial charge in [0.1, 0.15) is 0 Å². The monoisotopic (exact) mass is 291 g/mol. The molecule has 0 aliphatic carbocycles. The van der Waals surface area contributed by atoms with Crippen LogP contribution >= 0.6 is 0 Å². The summed E-state index contributed by atoms with van der Waals surface area (Å²) in [6.07, 6.45) is -3.89. The van der Waals surface area contributed by atoms with Crippen molar-refractivity contribution in [2.45, 2.75) is 38.3 Å². The molecule has 1 unspecified atom stereocenters.